The van der Waals surface area contributed by atoms with Gasteiger partial charge in [0.1, 0.15) is 23.7 Å². The summed E-state index contributed by atoms with van der Waals surface area (Å²) in [5, 5.41) is 9.18. The van der Waals surface area contributed by atoms with Crippen LogP contribution in [0.15, 0.2) is 22.7 Å². The standard InChI is InChI=1S/C26H36F3N5O5/c1-15-12-34(10-9-26(27,28)29)16(2)14-38-21-8-7-19(11-20(21)24(35)33(5)13-22(15)37-6)30-25(36)31-23-17(3)32-39-18(23)4/h7-8,11,15-16,22H,9-10,12-14H2,1-6H3,(H2,30,31,36)/t15-,16-,22-/m0/s1. The van der Waals surface area contributed by atoms with Gasteiger partial charge >= 0.3 is 12.2 Å². The van der Waals surface area contributed by atoms with Gasteiger partial charge < -0.3 is 29.5 Å². The SMILES string of the molecule is CO[C@H]1CN(C)C(=O)c2cc(NC(=O)Nc3c(C)noc3C)ccc2OC[C@H](C)N(CCC(F)(F)F)C[C@@H]1C. The topological polar surface area (TPSA) is 109 Å². The first kappa shape index (κ1) is 30.2. The summed E-state index contributed by atoms with van der Waals surface area (Å²) < 4.78 is 55.7. The summed E-state index contributed by atoms with van der Waals surface area (Å²) in [5.41, 5.74) is 1.50. The highest BCUT2D eigenvalue weighted by molar-refractivity contribution is 6.02. The number of anilines is 2. The second-order valence-corrected chi connectivity index (χ2v) is 9.95. The minimum absolute atomic E-state index is 0.0610. The molecule has 2 N–H and O–H groups in total. The Kier molecular flexibility index (Phi) is 9.83. The number of aromatic nitrogens is 1. The number of carbonyl (C=O) groups is 2. The summed E-state index contributed by atoms with van der Waals surface area (Å²) in [6.07, 6.45) is -5.64. The second kappa shape index (κ2) is 12.7. The lowest BCUT2D eigenvalue weighted by Crippen LogP contribution is -2.47. The van der Waals surface area contributed by atoms with Crippen molar-refractivity contribution < 1.29 is 36.8 Å². The van der Waals surface area contributed by atoms with Gasteiger partial charge in [-0.3, -0.25) is 9.69 Å². The van der Waals surface area contributed by atoms with Crippen molar-refractivity contribution in [3.8, 4) is 5.75 Å². The number of nitrogens with one attached hydrogen (secondary N) is 2. The van der Waals surface area contributed by atoms with Crippen molar-refractivity contribution >= 4 is 23.3 Å². The van der Waals surface area contributed by atoms with Crippen molar-refractivity contribution in [3.05, 3.63) is 35.2 Å². The summed E-state index contributed by atoms with van der Waals surface area (Å²) in [6.45, 7) is 7.48. The van der Waals surface area contributed by atoms with E-state index in [4.69, 9.17) is 14.0 Å². The predicted molar refractivity (Wildman–Crippen MR) is 139 cm³/mol. The fourth-order valence-corrected chi connectivity index (χ4v) is 4.45. The van der Waals surface area contributed by atoms with E-state index in [0.29, 0.717) is 29.4 Å². The number of alkyl halides is 3. The molecule has 0 radical (unpaired) electrons. The van der Waals surface area contributed by atoms with E-state index in [1.807, 2.05) is 6.92 Å². The van der Waals surface area contributed by atoms with Crippen LogP contribution in [0.25, 0.3) is 0 Å². The number of rotatable bonds is 5. The first-order chi connectivity index (χ1) is 18.3. The molecule has 0 saturated carbocycles. The van der Waals surface area contributed by atoms with Crippen LogP contribution >= 0.6 is 0 Å². The van der Waals surface area contributed by atoms with Gasteiger partial charge in [-0.05, 0) is 44.9 Å². The Bertz CT molecular complexity index is 1140. The Morgan fingerprint density at radius 1 is 1.21 bits per heavy atom. The molecule has 39 heavy (non-hydrogen) atoms. The lowest BCUT2D eigenvalue weighted by molar-refractivity contribution is -0.140. The number of aryl methyl sites for hydroxylation is 2. The van der Waals surface area contributed by atoms with Crippen LogP contribution in [0.2, 0.25) is 0 Å². The highest BCUT2D eigenvalue weighted by atomic mass is 19.4. The van der Waals surface area contributed by atoms with E-state index in [-0.39, 0.29) is 48.9 Å². The van der Waals surface area contributed by atoms with Crippen molar-refractivity contribution in [2.45, 2.75) is 52.4 Å². The van der Waals surface area contributed by atoms with Crippen LogP contribution < -0.4 is 15.4 Å². The van der Waals surface area contributed by atoms with Crippen LogP contribution in [0, 0.1) is 19.8 Å². The Labute approximate surface area is 225 Å². The number of urea groups is 1. The van der Waals surface area contributed by atoms with Crippen molar-refractivity contribution in [1.29, 1.82) is 0 Å². The van der Waals surface area contributed by atoms with Crippen LogP contribution in [0.4, 0.5) is 29.3 Å². The summed E-state index contributed by atoms with van der Waals surface area (Å²) in [5.74, 6) is 0.191. The number of hydrogen-bond donors (Lipinski definition) is 2. The molecule has 1 aliphatic heterocycles. The molecule has 13 heteroatoms. The molecular weight excluding hydrogens is 519 g/mol. The minimum atomic E-state index is -4.28. The van der Waals surface area contributed by atoms with E-state index in [2.05, 4.69) is 15.8 Å². The summed E-state index contributed by atoms with van der Waals surface area (Å²) in [7, 11) is 3.14. The average molecular weight is 556 g/mol. The normalized spacial score (nSPS) is 21.4. The maximum Gasteiger partial charge on any atom is 0.390 e. The van der Waals surface area contributed by atoms with Gasteiger partial charge in [0.05, 0.1) is 18.1 Å². The van der Waals surface area contributed by atoms with Gasteiger partial charge in [-0.1, -0.05) is 12.1 Å². The highest BCUT2D eigenvalue weighted by Crippen LogP contribution is 2.28. The Morgan fingerprint density at radius 2 is 1.92 bits per heavy atom. The maximum atomic E-state index is 13.5. The Morgan fingerprint density at radius 3 is 2.54 bits per heavy atom. The third-order valence-electron chi connectivity index (χ3n) is 6.79. The van der Waals surface area contributed by atoms with Crippen molar-refractivity contribution in [2.24, 2.45) is 5.92 Å². The van der Waals surface area contributed by atoms with Crippen LogP contribution in [-0.4, -0.2) is 85.6 Å². The lowest BCUT2D eigenvalue weighted by Gasteiger charge is -2.36. The monoisotopic (exact) mass is 555 g/mol. The summed E-state index contributed by atoms with van der Waals surface area (Å²) in [6, 6.07) is 3.72. The minimum Gasteiger partial charge on any atom is -0.491 e. The number of halogens is 3. The largest absolute Gasteiger partial charge is 0.491 e. The van der Waals surface area contributed by atoms with Gasteiger partial charge in [-0.2, -0.15) is 13.2 Å². The fraction of sp³-hybridized carbons (Fsp3) is 0.577. The van der Waals surface area contributed by atoms with Gasteiger partial charge in [0.2, 0.25) is 0 Å². The smallest absolute Gasteiger partial charge is 0.390 e. The zero-order valence-corrected chi connectivity index (χ0v) is 23.0. The third-order valence-corrected chi connectivity index (χ3v) is 6.79. The molecule has 1 aromatic heterocycles. The van der Waals surface area contributed by atoms with Crippen molar-refractivity contribution in [3.63, 3.8) is 0 Å². The molecule has 0 bridgehead atoms. The number of methoxy groups -OCH3 is 1. The van der Waals surface area contributed by atoms with E-state index in [9.17, 15) is 22.8 Å². The fourth-order valence-electron chi connectivity index (χ4n) is 4.45. The molecule has 0 aliphatic carbocycles. The molecule has 0 saturated heterocycles. The molecular formula is C26H36F3N5O5. The lowest BCUT2D eigenvalue weighted by atomic mass is 10.0. The molecule has 0 unspecified atom stereocenters. The van der Waals surface area contributed by atoms with E-state index >= 15 is 0 Å². The summed E-state index contributed by atoms with van der Waals surface area (Å²) >= 11 is 0. The van der Waals surface area contributed by atoms with Crippen molar-refractivity contribution in [1.82, 2.24) is 15.0 Å². The second-order valence-electron chi connectivity index (χ2n) is 9.95. The Hall–Kier alpha value is -3.32. The highest BCUT2D eigenvalue weighted by Gasteiger charge is 2.32. The van der Waals surface area contributed by atoms with Gasteiger partial charge in [-0.25, -0.2) is 4.79 Å². The third kappa shape index (κ3) is 8.09. The number of hydrogen-bond acceptors (Lipinski definition) is 7. The van der Waals surface area contributed by atoms with Crippen LogP contribution in [0.1, 0.15) is 42.1 Å². The first-order valence-corrected chi connectivity index (χ1v) is 12.7. The van der Waals surface area contributed by atoms with Crippen LogP contribution in [-0.2, 0) is 4.74 Å². The molecule has 0 fully saturated rings. The Balaban J connectivity index is 1.87. The van der Waals surface area contributed by atoms with E-state index < -0.39 is 24.7 Å². The van der Waals surface area contributed by atoms with E-state index in [1.54, 1.807) is 44.9 Å². The zero-order valence-electron chi connectivity index (χ0n) is 23.0. The van der Waals surface area contributed by atoms with Crippen LogP contribution in [0.5, 0.6) is 5.75 Å². The average Bonchev–Trinajstić information content (AvgIpc) is 3.18. The predicted octanol–water partition coefficient (Wildman–Crippen LogP) is 4.69. The van der Waals surface area contributed by atoms with Crippen molar-refractivity contribution in [2.75, 3.05) is 51.0 Å². The molecule has 10 nitrogen and oxygen atoms in total. The number of benzene rings is 1. The molecule has 0 spiro atoms. The maximum absolute atomic E-state index is 13.5. The zero-order chi connectivity index (χ0) is 28.9. The van der Waals surface area contributed by atoms with Gasteiger partial charge in [0, 0.05) is 45.5 Å². The van der Waals surface area contributed by atoms with E-state index in [1.165, 1.54) is 18.1 Å². The quantitative estimate of drug-likeness (QED) is 0.551. The number of carbonyl (C=O) groups excluding carboxylic acids is 2. The summed E-state index contributed by atoms with van der Waals surface area (Å²) in [4.78, 5) is 29.3. The van der Waals surface area contributed by atoms with Gasteiger partial charge in [0.25, 0.3) is 5.91 Å². The molecule has 1 aromatic carbocycles. The number of ether oxygens (including phenoxy) is 2. The van der Waals surface area contributed by atoms with Gasteiger partial charge in [-0.15, -0.1) is 0 Å². The number of fused-ring (bicyclic) bond motifs is 1. The van der Waals surface area contributed by atoms with E-state index in [0.717, 1.165) is 0 Å². The van der Waals surface area contributed by atoms with Crippen LogP contribution in [0.3, 0.4) is 0 Å². The molecule has 2 aromatic rings. The molecule has 2 heterocycles. The first-order valence-electron chi connectivity index (χ1n) is 12.7. The molecule has 3 rings (SSSR count). The molecule has 1 aliphatic rings. The van der Waals surface area contributed by atoms with Gasteiger partial charge in [0.15, 0.2) is 5.76 Å². The number of nitrogens with zero attached hydrogens (tertiary/aromatic N) is 3. The number of likely N-dealkylation sites (N-methyl/N-ethyl adjacent to an activating group) is 1. The molecule has 3 amide bonds. The molecule has 216 valence electrons. The number of amides is 3. The molecule has 3 atom stereocenters.